The number of piperidine rings is 1. The van der Waals surface area contributed by atoms with Crippen molar-refractivity contribution in [3.05, 3.63) is 45.1 Å². The molecule has 0 aliphatic carbocycles. The topological polar surface area (TPSA) is 49.7 Å². The molecule has 0 N–H and O–H groups in total. The van der Waals surface area contributed by atoms with Crippen molar-refractivity contribution in [2.45, 2.75) is 24.2 Å². The maximum absolute atomic E-state index is 12.6. The van der Waals surface area contributed by atoms with Crippen molar-refractivity contribution in [2.24, 2.45) is 4.99 Å². The lowest BCUT2D eigenvalue weighted by atomic mass is 10.2. The summed E-state index contributed by atoms with van der Waals surface area (Å²) in [4.78, 5) is 5.77. The molecule has 23 heavy (non-hydrogen) atoms. The first-order valence-corrected chi connectivity index (χ1v) is 10.5. The second-order valence-corrected chi connectivity index (χ2v) is 9.79. The summed E-state index contributed by atoms with van der Waals surface area (Å²) in [6.07, 6.45) is 4.78. The average molecular weight is 413 g/mol. The van der Waals surface area contributed by atoms with Crippen LogP contribution in [0.15, 0.2) is 50.1 Å². The van der Waals surface area contributed by atoms with E-state index in [-0.39, 0.29) is 0 Å². The van der Waals surface area contributed by atoms with Gasteiger partial charge in [0.2, 0.25) is 10.0 Å². The molecule has 0 amide bonds. The van der Waals surface area contributed by atoms with Gasteiger partial charge in [0.15, 0.2) is 0 Å². The summed E-state index contributed by atoms with van der Waals surface area (Å²) in [5.41, 5.74) is 0.743. The van der Waals surface area contributed by atoms with Gasteiger partial charge in [0.1, 0.15) is 0 Å². The molecule has 1 saturated heterocycles. The molecule has 0 atom stereocenters. The molecular weight excluding hydrogens is 396 g/mol. The van der Waals surface area contributed by atoms with Crippen LogP contribution in [0.2, 0.25) is 0 Å². The first-order valence-electron chi connectivity index (χ1n) is 7.45. The van der Waals surface area contributed by atoms with Crippen molar-refractivity contribution in [1.82, 2.24) is 4.31 Å². The fraction of sp³-hybridized carbons (Fsp3) is 0.312. The highest BCUT2D eigenvalue weighted by Crippen LogP contribution is 2.24. The van der Waals surface area contributed by atoms with E-state index < -0.39 is 10.0 Å². The third kappa shape index (κ3) is 4.09. The lowest BCUT2D eigenvalue weighted by molar-refractivity contribution is 0.346. The minimum Gasteiger partial charge on any atom is -0.255 e. The second kappa shape index (κ2) is 7.25. The zero-order chi connectivity index (χ0) is 16.3. The number of thiophene rings is 1. The number of hydrogen-bond donors (Lipinski definition) is 0. The van der Waals surface area contributed by atoms with E-state index in [1.54, 1.807) is 46.1 Å². The van der Waals surface area contributed by atoms with E-state index in [0.29, 0.717) is 18.0 Å². The van der Waals surface area contributed by atoms with Gasteiger partial charge in [-0.25, -0.2) is 8.42 Å². The summed E-state index contributed by atoms with van der Waals surface area (Å²) in [6, 6.07) is 10.7. The summed E-state index contributed by atoms with van der Waals surface area (Å²) in [5.74, 6) is 0. The van der Waals surface area contributed by atoms with Gasteiger partial charge in [0, 0.05) is 24.2 Å². The van der Waals surface area contributed by atoms with E-state index in [1.807, 2.05) is 12.1 Å². The van der Waals surface area contributed by atoms with Gasteiger partial charge in [-0.15, -0.1) is 11.3 Å². The predicted octanol–water partition coefficient (Wildman–Crippen LogP) is 4.44. The minimum atomic E-state index is -3.37. The van der Waals surface area contributed by atoms with Crippen molar-refractivity contribution < 1.29 is 8.42 Å². The monoisotopic (exact) mass is 412 g/mol. The smallest absolute Gasteiger partial charge is 0.243 e. The van der Waals surface area contributed by atoms with Gasteiger partial charge < -0.3 is 0 Å². The van der Waals surface area contributed by atoms with Crippen molar-refractivity contribution >= 4 is 49.2 Å². The molecule has 1 fully saturated rings. The number of nitrogens with zero attached hydrogens (tertiary/aromatic N) is 2. The SMILES string of the molecule is O=S(=O)(c1ccc(N=Cc2ccc(Br)s2)cc1)N1CCCCC1. The van der Waals surface area contributed by atoms with Crippen LogP contribution >= 0.6 is 27.3 Å². The Kier molecular flexibility index (Phi) is 5.31. The summed E-state index contributed by atoms with van der Waals surface area (Å²) >= 11 is 5.01. The van der Waals surface area contributed by atoms with Crippen LogP contribution in [0.1, 0.15) is 24.1 Å². The molecule has 1 aliphatic heterocycles. The van der Waals surface area contributed by atoms with Crippen molar-refractivity contribution in [3.8, 4) is 0 Å². The third-order valence-corrected chi connectivity index (χ3v) is 7.20. The first-order chi connectivity index (χ1) is 11.1. The molecule has 3 rings (SSSR count). The van der Waals surface area contributed by atoms with E-state index in [4.69, 9.17) is 0 Å². The van der Waals surface area contributed by atoms with Crippen molar-refractivity contribution in [2.75, 3.05) is 13.1 Å². The van der Waals surface area contributed by atoms with Gasteiger partial charge in [-0.05, 0) is 65.2 Å². The molecule has 2 heterocycles. The Morgan fingerprint density at radius 3 is 2.35 bits per heavy atom. The van der Waals surface area contributed by atoms with Crippen LogP contribution in [0.5, 0.6) is 0 Å². The van der Waals surface area contributed by atoms with Gasteiger partial charge in [0.25, 0.3) is 0 Å². The molecule has 0 radical (unpaired) electrons. The van der Waals surface area contributed by atoms with Gasteiger partial charge in [-0.2, -0.15) is 4.31 Å². The molecule has 122 valence electrons. The summed E-state index contributed by atoms with van der Waals surface area (Å²) in [5, 5.41) is 0. The van der Waals surface area contributed by atoms with Gasteiger partial charge in [-0.3, -0.25) is 4.99 Å². The molecule has 0 spiro atoms. The van der Waals surface area contributed by atoms with E-state index in [2.05, 4.69) is 20.9 Å². The number of benzene rings is 1. The Balaban J connectivity index is 1.75. The van der Waals surface area contributed by atoms with E-state index in [9.17, 15) is 8.42 Å². The van der Waals surface area contributed by atoms with Crippen LogP contribution in [0.4, 0.5) is 5.69 Å². The Labute approximate surface area is 149 Å². The van der Waals surface area contributed by atoms with Crippen molar-refractivity contribution in [1.29, 1.82) is 0 Å². The Bertz CT molecular complexity index is 792. The molecule has 1 aliphatic rings. The fourth-order valence-corrected chi connectivity index (χ4v) is 5.31. The standard InChI is InChI=1S/C16H17BrN2O2S2/c17-16-9-6-14(22-16)12-18-13-4-7-15(8-5-13)23(20,21)19-10-2-1-3-11-19/h4-9,12H,1-3,10-11H2. The van der Waals surface area contributed by atoms with Gasteiger partial charge in [-0.1, -0.05) is 6.42 Å². The molecule has 1 aromatic carbocycles. The summed E-state index contributed by atoms with van der Waals surface area (Å²) in [7, 11) is -3.37. The number of sulfonamides is 1. The second-order valence-electron chi connectivity index (χ2n) is 5.36. The number of halogens is 1. The lowest BCUT2D eigenvalue weighted by Gasteiger charge is -2.25. The molecule has 7 heteroatoms. The lowest BCUT2D eigenvalue weighted by Crippen LogP contribution is -2.35. The largest absolute Gasteiger partial charge is 0.255 e. The van der Waals surface area contributed by atoms with E-state index in [0.717, 1.165) is 33.6 Å². The van der Waals surface area contributed by atoms with Crippen LogP contribution < -0.4 is 0 Å². The molecule has 2 aromatic rings. The zero-order valence-corrected chi connectivity index (χ0v) is 15.7. The average Bonchev–Trinajstić information content (AvgIpc) is 3.00. The maximum Gasteiger partial charge on any atom is 0.243 e. The zero-order valence-electron chi connectivity index (χ0n) is 12.5. The van der Waals surface area contributed by atoms with Crippen LogP contribution in [0, 0.1) is 0 Å². The predicted molar refractivity (Wildman–Crippen MR) is 98.3 cm³/mol. The highest BCUT2D eigenvalue weighted by atomic mass is 79.9. The normalized spacial score (nSPS) is 16.9. The number of rotatable bonds is 4. The molecule has 4 nitrogen and oxygen atoms in total. The van der Waals surface area contributed by atoms with E-state index in [1.165, 1.54) is 0 Å². The minimum absolute atomic E-state index is 0.345. The molecule has 0 bridgehead atoms. The highest BCUT2D eigenvalue weighted by Gasteiger charge is 2.25. The summed E-state index contributed by atoms with van der Waals surface area (Å²) in [6.45, 7) is 1.24. The van der Waals surface area contributed by atoms with E-state index >= 15 is 0 Å². The number of hydrogen-bond acceptors (Lipinski definition) is 4. The van der Waals surface area contributed by atoms with Crippen LogP contribution in [-0.4, -0.2) is 32.0 Å². The van der Waals surface area contributed by atoms with Crippen LogP contribution in [-0.2, 0) is 10.0 Å². The molecular formula is C16H17BrN2O2S2. The van der Waals surface area contributed by atoms with Crippen LogP contribution in [0.25, 0.3) is 0 Å². The fourth-order valence-electron chi connectivity index (χ4n) is 2.49. The maximum atomic E-state index is 12.6. The van der Waals surface area contributed by atoms with Crippen LogP contribution in [0.3, 0.4) is 0 Å². The Morgan fingerprint density at radius 2 is 1.74 bits per heavy atom. The van der Waals surface area contributed by atoms with Gasteiger partial charge >= 0.3 is 0 Å². The molecule has 0 saturated carbocycles. The molecule has 0 unspecified atom stereocenters. The first kappa shape index (κ1) is 16.8. The number of aliphatic imine (C=N–C) groups is 1. The van der Waals surface area contributed by atoms with Crippen molar-refractivity contribution in [3.63, 3.8) is 0 Å². The third-order valence-electron chi connectivity index (χ3n) is 3.72. The Morgan fingerprint density at radius 1 is 1.04 bits per heavy atom. The summed E-state index contributed by atoms with van der Waals surface area (Å²) < 4.78 is 27.8. The quantitative estimate of drug-likeness (QED) is 0.696. The molecule has 1 aromatic heterocycles. The van der Waals surface area contributed by atoms with Gasteiger partial charge in [0.05, 0.1) is 14.4 Å². The highest BCUT2D eigenvalue weighted by molar-refractivity contribution is 9.11. The Hall–Kier alpha value is -1.02.